The fourth-order valence-electron chi connectivity index (χ4n) is 2.16. The average Bonchev–Trinajstić information content (AvgIpc) is 2.59. The molecule has 0 saturated carbocycles. The fraction of sp³-hybridized carbons (Fsp3) is 0.333. The standard InChI is InChI=1S/C18H22ClNO3/c1-3-17(23-16-10-6-14(19)7-11-16)18(21)20-12-13-4-8-15(22-2)9-5-13/h4-11,17-18,20-21H,3,12H2,1-2H3. The highest BCUT2D eigenvalue weighted by atomic mass is 35.5. The van der Waals surface area contributed by atoms with Crippen molar-refractivity contribution in [3.63, 3.8) is 0 Å². The van der Waals surface area contributed by atoms with Crippen LogP contribution < -0.4 is 14.8 Å². The van der Waals surface area contributed by atoms with Crippen molar-refractivity contribution in [3.05, 3.63) is 59.1 Å². The zero-order valence-electron chi connectivity index (χ0n) is 13.3. The van der Waals surface area contributed by atoms with Crippen LogP contribution in [0.5, 0.6) is 11.5 Å². The summed E-state index contributed by atoms with van der Waals surface area (Å²) < 4.78 is 10.9. The number of benzene rings is 2. The number of aliphatic hydroxyl groups excluding tert-OH is 1. The van der Waals surface area contributed by atoms with Gasteiger partial charge in [0.05, 0.1) is 7.11 Å². The van der Waals surface area contributed by atoms with Crippen LogP contribution in [0, 0.1) is 0 Å². The van der Waals surface area contributed by atoms with Gasteiger partial charge in [0.15, 0.2) is 0 Å². The molecule has 2 rings (SSSR count). The third-order valence-corrected chi connectivity index (χ3v) is 3.78. The molecule has 0 heterocycles. The molecule has 0 bridgehead atoms. The van der Waals surface area contributed by atoms with Gasteiger partial charge in [-0.2, -0.15) is 0 Å². The van der Waals surface area contributed by atoms with Gasteiger partial charge in [0.1, 0.15) is 23.8 Å². The molecule has 0 amide bonds. The summed E-state index contributed by atoms with van der Waals surface area (Å²) in [5.41, 5.74) is 1.06. The lowest BCUT2D eigenvalue weighted by molar-refractivity contribution is 0.0106. The number of rotatable bonds is 8. The van der Waals surface area contributed by atoms with Crippen molar-refractivity contribution in [2.75, 3.05) is 7.11 Å². The van der Waals surface area contributed by atoms with Gasteiger partial charge in [-0.25, -0.2) is 0 Å². The molecular formula is C18H22ClNO3. The first-order chi connectivity index (χ1) is 11.1. The number of aliphatic hydroxyl groups is 1. The summed E-state index contributed by atoms with van der Waals surface area (Å²) in [6, 6.07) is 14.8. The number of hydrogen-bond donors (Lipinski definition) is 2. The van der Waals surface area contributed by atoms with Crippen molar-refractivity contribution in [1.82, 2.24) is 5.32 Å². The molecular weight excluding hydrogens is 314 g/mol. The molecule has 124 valence electrons. The Labute approximate surface area is 142 Å². The molecule has 2 unspecified atom stereocenters. The number of hydrogen-bond acceptors (Lipinski definition) is 4. The van der Waals surface area contributed by atoms with E-state index < -0.39 is 6.23 Å². The van der Waals surface area contributed by atoms with Crippen molar-refractivity contribution in [2.24, 2.45) is 0 Å². The van der Waals surface area contributed by atoms with Crippen LogP contribution in [0.3, 0.4) is 0 Å². The number of nitrogens with one attached hydrogen (secondary N) is 1. The third-order valence-electron chi connectivity index (χ3n) is 3.53. The zero-order chi connectivity index (χ0) is 16.7. The van der Waals surface area contributed by atoms with Crippen LogP contribution in [-0.2, 0) is 6.54 Å². The van der Waals surface area contributed by atoms with E-state index in [0.717, 1.165) is 11.3 Å². The first-order valence-electron chi connectivity index (χ1n) is 7.59. The molecule has 0 fully saturated rings. The lowest BCUT2D eigenvalue weighted by atomic mass is 10.2. The molecule has 0 spiro atoms. The number of halogens is 1. The Balaban J connectivity index is 1.88. The van der Waals surface area contributed by atoms with Crippen LogP contribution in [0.2, 0.25) is 5.02 Å². The van der Waals surface area contributed by atoms with Gasteiger partial charge in [-0.3, -0.25) is 5.32 Å². The van der Waals surface area contributed by atoms with E-state index in [1.165, 1.54) is 0 Å². The van der Waals surface area contributed by atoms with Gasteiger partial charge in [0.2, 0.25) is 0 Å². The largest absolute Gasteiger partial charge is 0.497 e. The predicted octanol–water partition coefficient (Wildman–Crippen LogP) is 3.61. The molecule has 2 atom stereocenters. The molecule has 4 nitrogen and oxygen atoms in total. The van der Waals surface area contributed by atoms with Gasteiger partial charge in [-0.05, 0) is 48.4 Å². The molecule has 0 aliphatic heterocycles. The molecule has 0 aliphatic carbocycles. The first-order valence-corrected chi connectivity index (χ1v) is 7.96. The Kier molecular flexibility index (Phi) is 6.71. The van der Waals surface area contributed by atoms with E-state index in [9.17, 15) is 5.11 Å². The first kappa shape index (κ1) is 17.6. The third kappa shape index (κ3) is 5.43. The quantitative estimate of drug-likeness (QED) is 0.723. The van der Waals surface area contributed by atoms with E-state index >= 15 is 0 Å². The number of methoxy groups -OCH3 is 1. The van der Waals surface area contributed by atoms with Crippen LogP contribution in [0.15, 0.2) is 48.5 Å². The van der Waals surface area contributed by atoms with Gasteiger partial charge >= 0.3 is 0 Å². The maximum atomic E-state index is 10.3. The predicted molar refractivity (Wildman–Crippen MR) is 92.0 cm³/mol. The molecule has 0 saturated heterocycles. The summed E-state index contributed by atoms with van der Waals surface area (Å²) in [5, 5.41) is 14.0. The van der Waals surface area contributed by atoms with Crippen LogP contribution in [0.1, 0.15) is 18.9 Å². The summed E-state index contributed by atoms with van der Waals surface area (Å²) in [4.78, 5) is 0. The monoisotopic (exact) mass is 335 g/mol. The lowest BCUT2D eigenvalue weighted by Crippen LogP contribution is -2.42. The second kappa shape index (κ2) is 8.77. The summed E-state index contributed by atoms with van der Waals surface area (Å²) in [6.45, 7) is 2.52. The smallest absolute Gasteiger partial charge is 0.142 e. The van der Waals surface area contributed by atoms with Crippen LogP contribution in [-0.4, -0.2) is 24.5 Å². The van der Waals surface area contributed by atoms with E-state index in [-0.39, 0.29) is 6.10 Å². The van der Waals surface area contributed by atoms with Gasteiger partial charge < -0.3 is 14.6 Å². The summed E-state index contributed by atoms with van der Waals surface area (Å²) in [6.07, 6.45) is -0.424. The summed E-state index contributed by atoms with van der Waals surface area (Å²) in [7, 11) is 1.64. The van der Waals surface area contributed by atoms with Crippen LogP contribution in [0.25, 0.3) is 0 Å². The van der Waals surface area contributed by atoms with E-state index in [2.05, 4.69) is 5.32 Å². The van der Waals surface area contributed by atoms with Crippen molar-refractivity contribution >= 4 is 11.6 Å². The lowest BCUT2D eigenvalue weighted by Gasteiger charge is -2.24. The Morgan fingerprint density at radius 1 is 1.04 bits per heavy atom. The maximum absolute atomic E-state index is 10.3. The minimum absolute atomic E-state index is 0.338. The minimum atomic E-state index is -0.766. The van der Waals surface area contributed by atoms with Gasteiger partial charge in [0.25, 0.3) is 0 Å². The van der Waals surface area contributed by atoms with Crippen molar-refractivity contribution < 1.29 is 14.6 Å². The molecule has 2 aromatic carbocycles. The molecule has 0 radical (unpaired) electrons. The zero-order valence-corrected chi connectivity index (χ0v) is 14.1. The van der Waals surface area contributed by atoms with E-state index in [0.29, 0.717) is 23.7 Å². The Morgan fingerprint density at radius 3 is 2.22 bits per heavy atom. The normalized spacial score (nSPS) is 13.4. The second-order valence-corrected chi connectivity index (χ2v) is 5.63. The minimum Gasteiger partial charge on any atom is -0.497 e. The molecule has 2 aromatic rings. The molecule has 5 heteroatoms. The SMILES string of the molecule is CCC(Oc1ccc(Cl)cc1)C(O)NCc1ccc(OC)cc1. The van der Waals surface area contributed by atoms with Crippen molar-refractivity contribution in [2.45, 2.75) is 32.2 Å². The van der Waals surface area contributed by atoms with E-state index in [4.69, 9.17) is 21.1 Å². The molecule has 0 aromatic heterocycles. The molecule has 2 N–H and O–H groups in total. The highest BCUT2D eigenvalue weighted by Crippen LogP contribution is 2.18. The summed E-state index contributed by atoms with van der Waals surface area (Å²) in [5.74, 6) is 1.50. The topological polar surface area (TPSA) is 50.7 Å². The molecule has 23 heavy (non-hydrogen) atoms. The maximum Gasteiger partial charge on any atom is 0.142 e. The number of ether oxygens (including phenoxy) is 2. The summed E-state index contributed by atoms with van der Waals surface area (Å²) >= 11 is 5.86. The van der Waals surface area contributed by atoms with Crippen molar-refractivity contribution in [1.29, 1.82) is 0 Å². The van der Waals surface area contributed by atoms with Crippen LogP contribution >= 0.6 is 11.6 Å². The van der Waals surface area contributed by atoms with Crippen LogP contribution in [0.4, 0.5) is 0 Å². The van der Waals surface area contributed by atoms with Crippen molar-refractivity contribution in [3.8, 4) is 11.5 Å². The highest BCUT2D eigenvalue weighted by molar-refractivity contribution is 6.30. The Morgan fingerprint density at radius 2 is 1.65 bits per heavy atom. The van der Waals surface area contributed by atoms with Gasteiger partial charge in [0, 0.05) is 11.6 Å². The second-order valence-electron chi connectivity index (χ2n) is 5.19. The average molecular weight is 336 g/mol. The van der Waals surface area contributed by atoms with Gasteiger partial charge in [-0.15, -0.1) is 0 Å². The Hall–Kier alpha value is -1.75. The highest BCUT2D eigenvalue weighted by Gasteiger charge is 2.18. The van der Waals surface area contributed by atoms with E-state index in [1.807, 2.05) is 31.2 Å². The molecule has 0 aliphatic rings. The Bertz CT molecular complexity index is 586. The fourth-order valence-corrected chi connectivity index (χ4v) is 2.28. The van der Waals surface area contributed by atoms with Gasteiger partial charge in [-0.1, -0.05) is 30.7 Å². The van der Waals surface area contributed by atoms with E-state index in [1.54, 1.807) is 31.4 Å².